The number of carbonyl (C=O) groups is 1. The zero-order valence-electron chi connectivity index (χ0n) is 9.25. The zero-order valence-corrected chi connectivity index (χ0v) is 9.25. The molecular weight excluding hydrogens is 178 g/mol. The molecule has 2 unspecified atom stereocenters. The van der Waals surface area contributed by atoms with E-state index in [-0.39, 0.29) is 11.7 Å². The molecule has 0 bridgehead atoms. The number of hydrogen-bond donors (Lipinski definition) is 0. The first-order valence-electron chi connectivity index (χ1n) is 5.50. The third kappa shape index (κ3) is 1.86. The molecule has 2 rings (SSSR count). The van der Waals surface area contributed by atoms with Crippen LogP contribution in [0.5, 0.6) is 0 Å². The molecule has 1 aliphatic carbocycles. The van der Waals surface area contributed by atoms with Crippen LogP contribution in [-0.4, -0.2) is 28.7 Å². The van der Waals surface area contributed by atoms with Crippen LogP contribution >= 0.6 is 0 Å². The predicted octanol–water partition coefficient (Wildman–Crippen LogP) is 2.55. The molecule has 0 aromatic carbocycles. The first kappa shape index (κ1) is 9.81. The van der Waals surface area contributed by atoms with Crippen molar-refractivity contribution in [2.45, 2.75) is 64.1 Å². The fourth-order valence-electron chi connectivity index (χ4n) is 2.29. The van der Waals surface area contributed by atoms with E-state index in [2.05, 4.69) is 0 Å². The van der Waals surface area contributed by atoms with Crippen molar-refractivity contribution < 1.29 is 9.53 Å². The van der Waals surface area contributed by atoms with Gasteiger partial charge in [-0.3, -0.25) is 4.90 Å². The Kier molecular flexibility index (Phi) is 2.20. The van der Waals surface area contributed by atoms with Gasteiger partial charge in [0.05, 0.1) is 12.1 Å². The van der Waals surface area contributed by atoms with Crippen LogP contribution in [0, 0.1) is 0 Å². The van der Waals surface area contributed by atoms with Gasteiger partial charge in [0.2, 0.25) is 0 Å². The molecular formula is C11H19NO2. The Bertz CT molecular complexity index is 232. The van der Waals surface area contributed by atoms with E-state index in [0.717, 1.165) is 0 Å². The molecule has 1 amide bonds. The van der Waals surface area contributed by atoms with Crippen molar-refractivity contribution in [2.75, 3.05) is 0 Å². The highest BCUT2D eigenvalue weighted by Gasteiger charge is 2.52. The summed E-state index contributed by atoms with van der Waals surface area (Å²) in [5, 5.41) is 0. The van der Waals surface area contributed by atoms with Gasteiger partial charge in [0, 0.05) is 0 Å². The monoisotopic (exact) mass is 197 g/mol. The third-order valence-electron chi connectivity index (χ3n) is 2.92. The zero-order chi connectivity index (χ0) is 10.3. The van der Waals surface area contributed by atoms with Crippen LogP contribution < -0.4 is 0 Å². The van der Waals surface area contributed by atoms with Crippen LogP contribution in [0.15, 0.2) is 0 Å². The maximum Gasteiger partial charge on any atom is 0.410 e. The molecule has 0 spiro atoms. The molecule has 0 radical (unpaired) electrons. The number of ether oxygens (including phenoxy) is 1. The topological polar surface area (TPSA) is 29.3 Å². The van der Waals surface area contributed by atoms with Gasteiger partial charge >= 0.3 is 6.09 Å². The maximum atomic E-state index is 11.7. The van der Waals surface area contributed by atoms with Gasteiger partial charge in [-0.25, -0.2) is 4.79 Å². The van der Waals surface area contributed by atoms with Gasteiger partial charge < -0.3 is 4.74 Å². The van der Waals surface area contributed by atoms with Crippen molar-refractivity contribution in [3.05, 3.63) is 0 Å². The average molecular weight is 197 g/mol. The molecule has 3 heteroatoms. The molecule has 0 N–H and O–H groups in total. The maximum absolute atomic E-state index is 11.7. The summed E-state index contributed by atoms with van der Waals surface area (Å²) in [6, 6.07) is 0.997. The van der Waals surface area contributed by atoms with Crippen molar-refractivity contribution in [1.82, 2.24) is 4.90 Å². The van der Waals surface area contributed by atoms with E-state index in [1.807, 2.05) is 25.7 Å². The number of likely N-dealkylation sites (tertiary alicyclic amines) is 1. The lowest BCUT2D eigenvalue weighted by Crippen LogP contribution is -2.28. The molecule has 3 nitrogen and oxygen atoms in total. The highest BCUT2D eigenvalue weighted by Crippen LogP contribution is 2.41. The van der Waals surface area contributed by atoms with Crippen molar-refractivity contribution in [3.63, 3.8) is 0 Å². The molecule has 0 aromatic rings. The highest BCUT2D eigenvalue weighted by atomic mass is 16.6. The van der Waals surface area contributed by atoms with E-state index in [4.69, 9.17) is 4.74 Å². The SMILES string of the molecule is CC(C)(C)OC(=O)N1C2CCCCC21. The Balaban J connectivity index is 1.88. The van der Waals surface area contributed by atoms with Crippen molar-refractivity contribution in [2.24, 2.45) is 0 Å². The van der Waals surface area contributed by atoms with Crippen molar-refractivity contribution in [3.8, 4) is 0 Å². The Morgan fingerprint density at radius 3 is 2.14 bits per heavy atom. The molecule has 1 aliphatic heterocycles. The highest BCUT2D eigenvalue weighted by molar-refractivity contribution is 5.72. The quantitative estimate of drug-likeness (QED) is 0.558. The summed E-state index contributed by atoms with van der Waals surface area (Å²) in [5.41, 5.74) is -0.358. The Hall–Kier alpha value is -0.730. The van der Waals surface area contributed by atoms with Crippen LogP contribution in [-0.2, 0) is 4.74 Å². The predicted molar refractivity (Wildman–Crippen MR) is 54.1 cm³/mol. The van der Waals surface area contributed by atoms with Gasteiger partial charge in [-0.2, -0.15) is 0 Å². The fourth-order valence-corrected chi connectivity index (χ4v) is 2.29. The smallest absolute Gasteiger partial charge is 0.410 e. The summed E-state index contributed by atoms with van der Waals surface area (Å²) in [5.74, 6) is 0. The van der Waals surface area contributed by atoms with Crippen molar-refractivity contribution >= 4 is 6.09 Å². The van der Waals surface area contributed by atoms with Gasteiger partial charge in [-0.05, 0) is 33.6 Å². The number of fused-ring (bicyclic) bond motifs is 1. The van der Waals surface area contributed by atoms with Crippen LogP contribution in [0.25, 0.3) is 0 Å². The van der Waals surface area contributed by atoms with Crippen LogP contribution in [0.3, 0.4) is 0 Å². The minimum atomic E-state index is -0.358. The van der Waals surface area contributed by atoms with Gasteiger partial charge in [-0.1, -0.05) is 12.8 Å². The van der Waals surface area contributed by atoms with E-state index in [1.165, 1.54) is 25.7 Å². The molecule has 2 fully saturated rings. The summed E-state index contributed by atoms with van der Waals surface area (Å²) in [6.07, 6.45) is 4.75. The molecule has 2 atom stereocenters. The molecule has 1 heterocycles. The lowest BCUT2D eigenvalue weighted by Gasteiger charge is -2.20. The second kappa shape index (κ2) is 3.14. The van der Waals surface area contributed by atoms with Crippen molar-refractivity contribution in [1.29, 1.82) is 0 Å². The van der Waals surface area contributed by atoms with Gasteiger partial charge in [0.25, 0.3) is 0 Å². The van der Waals surface area contributed by atoms with E-state index in [9.17, 15) is 4.79 Å². The summed E-state index contributed by atoms with van der Waals surface area (Å²) in [4.78, 5) is 13.6. The summed E-state index contributed by atoms with van der Waals surface area (Å²) < 4.78 is 5.34. The molecule has 80 valence electrons. The normalized spacial score (nSPS) is 30.9. The Morgan fingerprint density at radius 2 is 1.71 bits per heavy atom. The number of nitrogens with zero attached hydrogens (tertiary/aromatic N) is 1. The molecule has 2 aliphatic rings. The van der Waals surface area contributed by atoms with Crippen LogP contribution in [0.4, 0.5) is 4.79 Å². The largest absolute Gasteiger partial charge is 0.444 e. The minimum absolute atomic E-state index is 0.116. The van der Waals surface area contributed by atoms with Crippen LogP contribution in [0.1, 0.15) is 46.5 Å². The molecule has 1 saturated heterocycles. The lowest BCUT2D eigenvalue weighted by molar-refractivity contribution is 0.0394. The van der Waals surface area contributed by atoms with E-state index in [0.29, 0.717) is 12.1 Å². The number of rotatable bonds is 0. The summed E-state index contributed by atoms with van der Waals surface area (Å²) >= 11 is 0. The van der Waals surface area contributed by atoms with E-state index < -0.39 is 0 Å². The lowest BCUT2D eigenvalue weighted by atomic mass is 10.0. The Labute approximate surface area is 85.4 Å². The molecule has 0 aromatic heterocycles. The first-order chi connectivity index (χ1) is 6.49. The summed E-state index contributed by atoms with van der Waals surface area (Å²) in [7, 11) is 0. The molecule has 14 heavy (non-hydrogen) atoms. The van der Waals surface area contributed by atoms with Gasteiger partial charge in [0.15, 0.2) is 0 Å². The number of hydrogen-bond acceptors (Lipinski definition) is 2. The van der Waals surface area contributed by atoms with E-state index >= 15 is 0 Å². The molecule has 1 saturated carbocycles. The standard InChI is InChI=1S/C11H19NO2/c1-11(2,3)14-10(13)12-8-6-4-5-7-9(8)12/h8-9H,4-7H2,1-3H3. The second-order valence-electron chi connectivity index (χ2n) is 5.31. The number of amides is 1. The fraction of sp³-hybridized carbons (Fsp3) is 0.909. The second-order valence-corrected chi connectivity index (χ2v) is 5.31. The first-order valence-corrected chi connectivity index (χ1v) is 5.50. The van der Waals surface area contributed by atoms with Crippen LogP contribution in [0.2, 0.25) is 0 Å². The van der Waals surface area contributed by atoms with Gasteiger partial charge in [-0.15, -0.1) is 0 Å². The average Bonchev–Trinajstić information content (AvgIpc) is 2.73. The third-order valence-corrected chi connectivity index (χ3v) is 2.92. The van der Waals surface area contributed by atoms with Gasteiger partial charge in [0.1, 0.15) is 5.60 Å². The summed E-state index contributed by atoms with van der Waals surface area (Å²) in [6.45, 7) is 5.74. The van der Waals surface area contributed by atoms with E-state index in [1.54, 1.807) is 0 Å². The Morgan fingerprint density at radius 1 is 1.21 bits per heavy atom. The minimum Gasteiger partial charge on any atom is -0.444 e. The number of carbonyl (C=O) groups excluding carboxylic acids is 1.